The first-order valence-corrected chi connectivity index (χ1v) is 7.67. The molecule has 4 nitrogen and oxygen atoms in total. The van der Waals surface area contributed by atoms with Gasteiger partial charge in [0, 0.05) is 18.6 Å². The van der Waals surface area contributed by atoms with Gasteiger partial charge in [-0.3, -0.25) is 9.69 Å². The Kier molecular flexibility index (Phi) is 5.59. The van der Waals surface area contributed by atoms with Crippen LogP contribution in [-0.4, -0.2) is 36.0 Å². The molecule has 0 aliphatic carbocycles. The summed E-state index contributed by atoms with van der Waals surface area (Å²) in [6, 6.07) is 2.05. The summed E-state index contributed by atoms with van der Waals surface area (Å²) in [4.78, 5) is 14.5. The summed E-state index contributed by atoms with van der Waals surface area (Å²) in [5.74, 6) is 0.589. The zero-order valence-corrected chi connectivity index (χ0v) is 13.6. The van der Waals surface area contributed by atoms with Gasteiger partial charge in [0.2, 0.25) is 5.91 Å². The Morgan fingerprint density at radius 2 is 2.05 bits per heavy atom. The Balaban J connectivity index is 2.57. The van der Waals surface area contributed by atoms with E-state index in [1.165, 1.54) is 19.3 Å². The quantitative estimate of drug-likeness (QED) is 0.841. The van der Waals surface area contributed by atoms with Gasteiger partial charge in [0.05, 0.1) is 6.07 Å². The normalized spacial score (nSPS) is 21.3. The van der Waals surface area contributed by atoms with Gasteiger partial charge < -0.3 is 5.32 Å². The standard InChI is InChI=1S/C16H29N3O/c1-6-13-8-7-9-19(10-13)16(4,5)12-18-14(20)15(2,3)11-17/h13H,6-10,12H2,1-5H3,(H,18,20)/t13-/m0/s1. The molecule has 0 aromatic carbocycles. The molecule has 1 saturated heterocycles. The molecule has 1 aliphatic heterocycles. The Morgan fingerprint density at radius 1 is 1.40 bits per heavy atom. The lowest BCUT2D eigenvalue weighted by Crippen LogP contribution is -2.55. The average Bonchev–Trinajstić information content (AvgIpc) is 2.44. The van der Waals surface area contributed by atoms with Crippen LogP contribution in [0.25, 0.3) is 0 Å². The first-order chi connectivity index (χ1) is 9.23. The Labute approximate surface area is 123 Å². The van der Waals surface area contributed by atoms with Gasteiger partial charge in [0.1, 0.15) is 5.41 Å². The van der Waals surface area contributed by atoms with E-state index in [2.05, 4.69) is 31.0 Å². The summed E-state index contributed by atoms with van der Waals surface area (Å²) in [7, 11) is 0. The van der Waals surface area contributed by atoms with Crippen molar-refractivity contribution in [3.05, 3.63) is 0 Å². The summed E-state index contributed by atoms with van der Waals surface area (Å²) in [5, 5.41) is 11.9. The van der Waals surface area contributed by atoms with E-state index < -0.39 is 5.41 Å². The van der Waals surface area contributed by atoms with E-state index in [0.29, 0.717) is 6.54 Å². The number of nitrogens with zero attached hydrogens (tertiary/aromatic N) is 2. The maximum atomic E-state index is 12.0. The number of nitrogens with one attached hydrogen (secondary N) is 1. The molecule has 1 heterocycles. The maximum Gasteiger partial charge on any atom is 0.239 e. The minimum absolute atomic E-state index is 0.0605. The van der Waals surface area contributed by atoms with Crippen LogP contribution in [0.2, 0.25) is 0 Å². The van der Waals surface area contributed by atoms with Gasteiger partial charge in [-0.2, -0.15) is 5.26 Å². The van der Waals surface area contributed by atoms with Gasteiger partial charge in [-0.05, 0) is 53.0 Å². The summed E-state index contributed by atoms with van der Waals surface area (Å²) in [6.07, 6.45) is 3.77. The average molecular weight is 279 g/mol. The minimum atomic E-state index is -0.954. The molecule has 1 fully saturated rings. The van der Waals surface area contributed by atoms with E-state index in [1.54, 1.807) is 13.8 Å². The number of hydrogen-bond acceptors (Lipinski definition) is 3. The van der Waals surface area contributed by atoms with Crippen molar-refractivity contribution in [2.45, 2.75) is 59.4 Å². The molecule has 114 valence electrons. The molecular weight excluding hydrogens is 250 g/mol. The summed E-state index contributed by atoms with van der Waals surface area (Å²) >= 11 is 0. The number of amides is 1. The second-order valence-corrected chi connectivity index (χ2v) is 7.09. The topological polar surface area (TPSA) is 56.1 Å². The van der Waals surface area contributed by atoms with Crippen molar-refractivity contribution in [2.75, 3.05) is 19.6 Å². The van der Waals surface area contributed by atoms with Crippen LogP contribution in [0, 0.1) is 22.7 Å². The number of carbonyl (C=O) groups is 1. The fourth-order valence-corrected chi connectivity index (χ4v) is 2.63. The van der Waals surface area contributed by atoms with Gasteiger partial charge in [-0.25, -0.2) is 0 Å². The van der Waals surface area contributed by atoms with Crippen molar-refractivity contribution < 1.29 is 4.79 Å². The predicted octanol–water partition coefficient (Wildman–Crippen LogP) is 2.55. The number of rotatable bonds is 5. The molecule has 1 amide bonds. The summed E-state index contributed by atoms with van der Waals surface area (Å²) in [6.45, 7) is 12.7. The van der Waals surface area contributed by atoms with Crippen LogP contribution in [0.1, 0.15) is 53.9 Å². The zero-order chi connectivity index (χ0) is 15.4. The van der Waals surface area contributed by atoms with E-state index >= 15 is 0 Å². The van der Waals surface area contributed by atoms with Crippen molar-refractivity contribution in [1.82, 2.24) is 10.2 Å². The van der Waals surface area contributed by atoms with Gasteiger partial charge >= 0.3 is 0 Å². The number of likely N-dealkylation sites (tertiary alicyclic amines) is 1. The van der Waals surface area contributed by atoms with Gasteiger partial charge in [-0.15, -0.1) is 0 Å². The molecule has 1 N–H and O–H groups in total. The van der Waals surface area contributed by atoms with Crippen molar-refractivity contribution in [2.24, 2.45) is 11.3 Å². The number of nitriles is 1. The molecule has 0 spiro atoms. The van der Waals surface area contributed by atoms with Crippen molar-refractivity contribution in [3.8, 4) is 6.07 Å². The third-order valence-corrected chi connectivity index (χ3v) is 4.48. The fourth-order valence-electron chi connectivity index (χ4n) is 2.63. The molecule has 20 heavy (non-hydrogen) atoms. The maximum absolute atomic E-state index is 12.0. The molecule has 0 bridgehead atoms. The molecular formula is C16H29N3O. The number of piperidine rings is 1. The van der Waals surface area contributed by atoms with E-state index in [1.807, 2.05) is 6.07 Å². The van der Waals surface area contributed by atoms with Crippen LogP contribution in [0.15, 0.2) is 0 Å². The highest BCUT2D eigenvalue weighted by molar-refractivity contribution is 5.84. The van der Waals surface area contributed by atoms with Crippen molar-refractivity contribution >= 4 is 5.91 Å². The number of carbonyl (C=O) groups excluding carboxylic acids is 1. The number of hydrogen-bond donors (Lipinski definition) is 1. The lowest BCUT2D eigenvalue weighted by Gasteiger charge is -2.43. The predicted molar refractivity (Wildman–Crippen MR) is 81.1 cm³/mol. The van der Waals surface area contributed by atoms with E-state index in [0.717, 1.165) is 19.0 Å². The lowest BCUT2D eigenvalue weighted by atomic mass is 9.90. The second kappa shape index (κ2) is 6.58. The molecule has 0 aromatic heterocycles. The second-order valence-electron chi connectivity index (χ2n) is 7.09. The molecule has 4 heteroatoms. The zero-order valence-electron chi connectivity index (χ0n) is 13.6. The third kappa shape index (κ3) is 4.21. The molecule has 0 saturated carbocycles. The van der Waals surface area contributed by atoms with Crippen LogP contribution in [0.4, 0.5) is 0 Å². The molecule has 1 atom stereocenters. The van der Waals surface area contributed by atoms with Crippen LogP contribution in [0.5, 0.6) is 0 Å². The SMILES string of the molecule is CC[C@H]1CCCN(C(C)(C)CNC(=O)C(C)(C)C#N)C1. The molecule has 0 radical (unpaired) electrons. The van der Waals surface area contributed by atoms with E-state index in [4.69, 9.17) is 5.26 Å². The fraction of sp³-hybridized carbons (Fsp3) is 0.875. The first kappa shape index (κ1) is 17.0. The third-order valence-electron chi connectivity index (χ3n) is 4.48. The summed E-state index contributed by atoms with van der Waals surface area (Å²) in [5.41, 5.74) is -1.01. The van der Waals surface area contributed by atoms with Crippen molar-refractivity contribution in [3.63, 3.8) is 0 Å². The van der Waals surface area contributed by atoms with Crippen LogP contribution in [0.3, 0.4) is 0 Å². The van der Waals surface area contributed by atoms with Gasteiger partial charge in [0.25, 0.3) is 0 Å². The van der Waals surface area contributed by atoms with Crippen LogP contribution in [-0.2, 0) is 4.79 Å². The molecule has 1 aliphatic rings. The van der Waals surface area contributed by atoms with E-state index in [-0.39, 0.29) is 11.4 Å². The smallest absolute Gasteiger partial charge is 0.239 e. The Hall–Kier alpha value is -1.08. The van der Waals surface area contributed by atoms with Gasteiger partial charge in [0.15, 0.2) is 0 Å². The largest absolute Gasteiger partial charge is 0.353 e. The molecule has 1 rings (SSSR count). The highest BCUT2D eigenvalue weighted by Gasteiger charge is 2.33. The Morgan fingerprint density at radius 3 is 2.60 bits per heavy atom. The first-order valence-electron chi connectivity index (χ1n) is 7.67. The van der Waals surface area contributed by atoms with Crippen LogP contribution >= 0.6 is 0 Å². The highest BCUT2D eigenvalue weighted by Crippen LogP contribution is 2.25. The monoisotopic (exact) mass is 279 g/mol. The lowest BCUT2D eigenvalue weighted by molar-refractivity contribution is -0.127. The van der Waals surface area contributed by atoms with E-state index in [9.17, 15) is 4.79 Å². The van der Waals surface area contributed by atoms with Crippen LogP contribution < -0.4 is 5.32 Å². The van der Waals surface area contributed by atoms with Crippen molar-refractivity contribution in [1.29, 1.82) is 5.26 Å². The minimum Gasteiger partial charge on any atom is -0.353 e. The van der Waals surface area contributed by atoms with Gasteiger partial charge in [-0.1, -0.05) is 13.3 Å². The molecule has 0 aromatic rings. The summed E-state index contributed by atoms with van der Waals surface area (Å²) < 4.78 is 0. The highest BCUT2D eigenvalue weighted by atomic mass is 16.2. The Bertz CT molecular complexity index is 382. The molecule has 0 unspecified atom stereocenters.